The van der Waals surface area contributed by atoms with Crippen LogP contribution < -0.4 is 0 Å². The van der Waals surface area contributed by atoms with Gasteiger partial charge in [0.1, 0.15) is 6.29 Å². The first-order valence-electron chi connectivity index (χ1n) is 10.1. The van der Waals surface area contributed by atoms with Crippen LogP contribution in [-0.2, 0) is 22.4 Å². The monoisotopic (exact) mass is 363 g/mol. The Morgan fingerprint density at radius 3 is 2.33 bits per heavy atom. The molecule has 2 aromatic rings. The van der Waals surface area contributed by atoms with Gasteiger partial charge in [0.2, 0.25) is 5.91 Å². The zero-order chi connectivity index (χ0) is 18.9. The molecule has 0 saturated carbocycles. The Bertz CT molecular complexity index is 714. The van der Waals surface area contributed by atoms with Gasteiger partial charge < -0.3 is 9.69 Å². The lowest BCUT2D eigenvalue weighted by Crippen LogP contribution is -2.41. The highest BCUT2D eigenvalue weighted by atomic mass is 16.2. The number of carbonyl (C=O) groups is 2. The third kappa shape index (κ3) is 5.53. The van der Waals surface area contributed by atoms with Gasteiger partial charge in [-0.2, -0.15) is 0 Å². The zero-order valence-corrected chi connectivity index (χ0v) is 15.9. The van der Waals surface area contributed by atoms with Crippen molar-refractivity contribution in [3.05, 3.63) is 71.8 Å². The third-order valence-corrected chi connectivity index (χ3v) is 5.52. The van der Waals surface area contributed by atoms with Crippen LogP contribution in [-0.4, -0.2) is 29.7 Å². The van der Waals surface area contributed by atoms with Crippen LogP contribution in [0.5, 0.6) is 0 Å². The maximum absolute atomic E-state index is 13.2. The molecule has 0 aromatic heterocycles. The molecule has 1 aliphatic heterocycles. The molecule has 142 valence electrons. The second-order valence-electron chi connectivity index (χ2n) is 7.50. The zero-order valence-electron chi connectivity index (χ0n) is 15.9. The largest absolute Gasteiger partial charge is 0.333 e. The number of amides is 1. The number of benzene rings is 2. The number of hydrogen-bond acceptors (Lipinski definition) is 2. The normalized spacial score (nSPS) is 17.6. The summed E-state index contributed by atoms with van der Waals surface area (Å²) in [6, 6.07) is 20.5. The number of likely N-dealkylation sites (tertiary alicyclic amines) is 1. The number of rotatable bonds is 9. The predicted molar refractivity (Wildman–Crippen MR) is 108 cm³/mol. The number of carbonyl (C=O) groups excluding carboxylic acids is 2. The van der Waals surface area contributed by atoms with Crippen LogP contribution in [0.1, 0.15) is 43.2 Å². The number of hydrogen-bond donors (Lipinski definition) is 0. The molecule has 3 nitrogen and oxygen atoms in total. The molecule has 1 saturated heterocycles. The molecule has 3 heteroatoms. The number of unbranched alkanes of at least 4 members (excludes halogenated alkanes) is 1. The van der Waals surface area contributed by atoms with Gasteiger partial charge in [0.05, 0.1) is 6.04 Å². The SMILES string of the molecule is O=CC1CCCN1C(=O)C(CCCCc1ccccc1)Cc1ccccc1. The fourth-order valence-corrected chi connectivity index (χ4v) is 4.02. The quantitative estimate of drug-likeness (QED) is 0.488. The first-order valence-corrected chi connectivity index (χ1v) is 10.1. The van der Waals surface area contributed by atoms with Crippen LogP contribution in [0.25, 0.3) is 0 Å². The van der Waals surface area contributed by atoms with Crippen molar-refractivity contribution in [2.75, 3.05) is 6.54 Å². The Hall–Kier alpha value is -2.42. The molecule has 2 atom stereocenters. The van der Waals surface area contributed by atoms with Crippen molar-refractivity contribution < 1.29 is 9.59 Å². The minimum absolute atomic E-state index is 0.0382. The molecular formula is C24H29NO2. The van der Waals surface area contributed by atoms with E-state index in [1.54, 1.807) is 0 Å². The summed E-state index contributed by atoms with van der Waals surface area (Å²) in [7, 11) is 0. The molecule has 1 amide bonds. The highest BCUT2D eigenvalue weighted by molar-refractivity contribution is 5.82. The van der Waals surface area contributed by atoms with E-state index in [9.17, 15) is 9.59 Å². The molecule has 2 unspecified atom stereocenters. The molecule has 2 aromatic carbocycles. The molecule has 0 spiro atoms. The molecule has 1 aliphatic rings. The topological polar surface area (TPSA) is 37.4 Å². The van der Waals surface area contributed by atoms with E-state index < -0.39 is 0 Å². The van der Waals surface area contributed by atoms with Crippen molar-refractivity contribution >= 4 is 12.2 Å². The fraction of sp³-hybridized carbons (Fsp3) is 0.417. The fourth-order valence-electron chi connectivity index (χ4n) is 4.02. The van der Waals surface area contributed by atoms with Crippen LogP contribution in [0.4, 0.5) is 0 Å². The Labute approximate surface area is 162 Å². The molecule has 0 aliphatic carbocycles. The second-order valence-corrected chi connectivity index (χ2v) is 7.50. The van der Waals surface area contributed by atoms with Gasteiger partial charge in [-0.05, 0) is 49.7 Å². The summed E-state index contributed by atoms with van der Waals surface area (Å²) in [5.74, 6) is 0.122. The van der Waals surface area contributed by atoms with Gasteiger partial charge in [-0.3, -0.25) is 4.79 Å². The van der Waals surface area contributed by atoms with E-state index in [-0.39, 0.29) is 17.9 Å². The highest BCUT2D eigenvalue weighted by Crippen LogP contribution is 2.24. The van der Waals surface area contributed by atoms with E-state index in [2.05, 4.69) is 36.4 Å². The van der Waals surface area contributed by atoms with E-state index in [0.29, 0.717) is 0 Å². The Kier molecular flexibility index (Phi) is 7.20. The molecule has 0 radical (unpaired) electrons. The first-order chi connectivity index (χ1) is 13.3. The maximum Gasteiger partial charge on any atom is 0.226 e. The molecule has 0 bridgehead atoms. The van der Waals surface area contributed by atoms with Gasteiger partial charge in [0, 0.05) is 12.5 Å². The first kappa shape index (κ1) is 19.3. The van der Waals surface area contributed by atoms with Crippen molar-refractivity contribution in [2.45, 2.75) is 51.0 Å². The Morgan fingerprint density at radius 2 is 1.67 bits per heavy atom. The summed E-state index contributed by atoms with van der Waals surface area (Å²) in [4.78, 5) is 26.3. The minimum Gasteiger partial charge on any atom is -0.333 e. The third-order valence-electron chi connectivity index (χ3n) is 5.52. The predicted octanol–water partition coefficient (Wildman–Crippen LogP) is 4.45. The highest BCUT2D eigenvalue weighted by Gasteiger charge is 2.32. The van der Waals surface area contributed by atoms with E-state index in [4.69, 9.17) is 0 Å². The summed E-state index contributed by atoms with van der Waals surface area (Å²) in [5.41, 5.74) is 2.55. The molecule has 3 rings (SSSR count). The summed E-state index contributed by atoms with van der Waals surface area (Å²) in [6.07, 6.45) is 7.48. The summed E-state index contributed by atoms with van der Waals surface area (Å²) < 4.78 is 0. The minimum atomic E-state index is -0.222. The summed E-state index contributed by atoms with van der Waals surface area (Å²) in [5, 5.41) is 0. The number of aldehydes is 1. The van der Waals surface area contributed by atoms with Crippen molar-refractivity contribution in [1.29, 1.82) is 0 Å². The van der Waals surface area contributed by atoms with E-state index in [1.165, 1.54) is 11.1 Å². The van der Waals surface area contributed by atoms with Crippen molar-refractivity contribution in [3.63, 3.8) is 0 Å². The lowest BCUT2D eigenvalue weighted by molar-refractivity contribution is -0.138. The Balaban J connectivity index is 1.60. The number of aryl methyl sites for hydroxylation is 1. The summed E-state index contributed by atoms with van der Waals surface area (Å²) in [6.45, 7) is 0.720. The van der Waals surface area contributed by atoms with Crippen molar-refractivity contribution in [2.24, 2.45) is 5.92 Å². The second kappa shape index (κ2) is 10.1. The van der Waals surface area contributed by atoms with E-state index >= 15 is 0 Å². The molecule has 1 heterocycles. The molecule has 0 N–H and O–H groups in total. The van der Waals surface area contributed by atoms with Gasteiger partial charge in [-0.1, -0.05) is 67.1 Å². The average Bonchev–Trinajstić information content (AvgIpc) is 3.20. The van der Waals surface area contributed by atoms with Crippen molar-refractivity contribution in [3.8, 4) is 0 Å². The average molecular weight is 364 g/mol. The molecular weight excluding hydrogens is 334 g/mol. The van der Waals surface area contributed by atoms with E-state index in [0.717, 1.165) is 57.8 Å². The Morgan fingerprint density at radius 1 is 1.00 bits per heavy atom. The van der Waals surface area contributed by atoms with Crippen LogP contribution in [0.15, 0.2) is 60.7 Å². The summed E-state index contributed by atoms with van der Waals surface area (Å²) >= 11 is 0. The van der Waals surface area contributed by atoms with Gasteiger partial charge in [-0.15, -0.1) is 0 Å². The van der Waals surface area contributed by atoms with E-state index in [1.807, 2.05) is 29.2 Å². The van der Waals surface area contributed by atoms with Gasteiger partial charge >= 0.3 is 0 Å². The van der Waals surface area contributed by atoms with Gasteiger partial charge in [-0.25, -0.2) is 0 Å². The lowest BCUT2D eigenvalue weighted by atomic mass is 9.91. The van der Waals surface area contributed by atoms with Gasteiger partial charge in [0.25, 0.3) is 0 Å². The maximum atomic E-state index is 13.2. The van der Waals surface area contributed by atoms with Crippen LogP contribution in [0.2, 0.25) is 0 Å². The molecule has 27 heavy (non-hydrogen) atoms. The molecule has 1 fully saturated rings. The standard InChI is InChI=1S/C24H29NO2/c26-19-23-16-9-17-25(23)24(27)22(18-21-13-5-2-6-14-21)15-8-7-12-20-10-3-1-4-11-20/h1-6,10-11,13-14,19,22-23H,7-9,12,15-18H2. The van der Waals surface area contributed by atoms with Gasteiger partial charge in [0.15, 0.2) is 0 Å². The van der Waals surface area contributed by atoms with Crippen LogP contribution in [0, 0.1) is 5.92 Å². The van der Waals surface area contributed by atoms with Crippen LogP contribution >= 0.6 is 0 Å². The number of nitrogens with zero attached hydrogens (tertiary/aromatic N) is 1. The van der Waals surface area contributed by atoms with Crippen molar-refractivity contribution in [1.82, 2.24) is 4.90 Å². The lowest BCUT2D eigenvalue weighted by Gasteiger charge is -2.26. The smallest absolute Gasteiger partial charge is 0.226 e. The van der Waals surface area contributed by atoms with Crippen LogP contribution in [0.3, 0.4) is 0 Å².